The Morgan fingerprint density at radius 3 is 2.76 bits per heavy atom. The molecule has 6 nitrogen and oxygen atoms in total. The van der Waals surface area contributed by atoms with Gasteiger partial charge in [0.25, 0.3) is 5.91 Å². The average Bonchev–Trinajstić information content (AvgIpc) is 3.09. The van der Waals surface area contributed by atoms with Gasteiger partial charge in [-0.15, -0.1) is 5.10 Å². The first-order chi connectivity index (χ1) is 12.2. The first-order valence-electron chi connectivity index (χ1n) is 9.15. The first-order valence-corrected chi connectivity index (χ1v) is 9.15. The number of rotatable bonds is 7. The second kappa shape index (κ2) is 8.76. The molecule has 0 aliphatic carbocycles. The van der Waals surface area contributed by atoms with Crippen LogP contribution >= 0.6 is 0 Å². The van der Waals surface area contributed by atoms with Crippen LogP contribution in [0.25, 0.3) is 0 Å². The molecule has 1 saturated heterocycles. The van der Waals surface area contributed by atoms with E-state index in [4.69, 9.17) is 0 Å². The molecule has 1 aliphatic rings. The Morgan fingerprint density at radius 2 is 2.00 bits per heavy atom. The highest BCUT2D eigenvalue weighted by molar-refractivity contribution is 5.91. The molecular weight excluding hydrogens is 314 g/mol. The number of hydrogen-bond acceptors (Lipinski definition) is 4. The predicted molar refractivity (Wildman–Crippen MR) is 97.4 cm³/mol. The summed E-state index contributed by atoms with van der Waals surface area (Å²) in [5, 5.41) is 11.0. The summed E-state index contributed by atoms with van der Waals surface area (Å²) in [6.07, 6.45) is 5.25. The van der Waals surface area contributed by atoms with Gasteiger partial charge in [0.2, 0.25) is 0 Å². The summed E-state index contributed by atoms with van der Waals surface area (Å²) in [5.74, 6) is 0.709. The van der Waals surface area contributed by atoms with Crippen LogP contribution in [0.4, 0.5) is 0 Å². The minimum absolute atomic E-state index is 0.147. The van der Waals surface area contributed by atoms with Gasteiger partial charge in [0.05, 0.1) is 12.7 Å². The summed E-state index contributed by atoms with van der Waals surface area (Å²) in [7, 11) is 0. The Balaban J connectivity index is 1.38. The number of carbonyl (C=O) groups excluding carboxylic acids is 1. The number of likely N-dealkylation sites (tertiary alicyclic amines) is 1. The van der Waals surface area contributed by atoms with E-state index in [1.807, 2.05) is 30.3 Å². The average molecular weight is 341 g/mol. The quantitative estimate of drug-likeness (QED) is 0.784. The molecule has 134 valence electrons. The van der Waals surface area contributed by atoms with E-state index in [0.29, 0.717) is 18.8 Å². The van der Waals surface area contributed by atoms with E-state index in [2.05, 4.69) is 27.5 Å². The Labute approximate surface area is 149 Å². The van der Waals surface area contributed by atoms with E-state index in [0.717, 1.165) is 24.4 Å². The molecule has 3 rings (SSSR count). The molecule has 2 aromatic rings. The number of amides is 1. The van der Waals surface area contributed by atoms with Gasteiger partial charge in [0.1, 0.15) is 0 Å². The van der Waals surface area contributed by atoms with Crippen LogP contribution in [-0.4, -0.2) is 52.0 Å². The van der Waals surface area contributed by atoms with E-state index < -0.39 is 0 Å². The molecule has 1 aromatic carbocycles. The predicted octanol–water partition coefficient (Wildman–Crippen LogP) is 2.18. The molecule has 1 N–H and O–H groups in total. The van der Waals surface area contributed by atoms with E-state index >= 15 is 0 Å². The van der Waals surface area contributed by atoms with Crippen molar-refractivity contribution in [3.05, 3.63) is 47.8 Å². The number of carbonyl (C=O) groups is 1. The molecule has 0 unspecified atom stereocenters. The highest BCUT2D eigenvalue weighted by Gasteiger charge is 2.15. The fourth-order valence-corrected chi connectivity index (χ4v) is 3.13. The van der Waals surface area contributed by atoms with Crippen LogP contribution in [-0.2, 0) is 6.54 Å². The third-order valence-electron chi connectivity index (χ3n) is 4.77. The van der Waals surface area contributed by atoms with Gasteiger partial charge in [-0.05, 0) is 50.4 Å². The van der Waals surface area contributed by atoms with Crippen molar-refractivity contribution >= 4 is 5.91 Å². The molecule has 0 atom stereocenters. The van der Waals surface area contributed by atoms with Crippen LogP contribution in [0.1, 0.15) is 42.2 Å². The van der Waals surface area contributed by atoms with Crippen LogP contribution in [0, 0.1) is 5.92 Å². The summed E-state index contributed by atoms with van der Waals surface area (Å²) in [5.41, 5.74) is 1.51. The fourth-order valence-electron chi connectivity index (χ4n) is 3.13. The number of nitrogens with one attached hydrogen (secondary N) is 1. The lowest BCUT2D eigenvalue weighted by Crippen LogP contribution is -2.35. The van der Waals surface area contributed by atoms with Crippen molar-refractivity contribution in [2.24, 2.45) is 5.92 Å². The second-order valence-electron chi connectivity index (χ2n) is 6.92. The summed E-state index contributed by atoms with van der Waals surface area (Å²) in [6, 6.07) is 10.0. The standard InChI is InChI=1S/C19H27N5O/c1-16-8-12-23(13-9-16)11-5-10-20-19(25)18-15-24(22-21-18)14-17-6-3-2-4-7-17/h2-4,6-7,15-16H,5,8-14H2,1H3,(H,20,25). The second-order valence-corrected chi connectivity index (χ2v) is 6.92. The van der Waals surface area contributed by atoms with Crippen molar-refractivity contribution in [2.45, 2.75) is 32.7 Å². The molecule has 1 fully saturated rings. The molecule has 2 heterocycles. The summed E-state index contributed by atoms with van der Waals surface area (Å²) < 4.78 is 1.69. The largest absolute Gasteiger partial charge is 0.351 e. The van der Waals surface area contributed by atoms with Crippen LogP contribution in [0.15, 0.2) is 36.5 Å². The van der Waals surface area contributed by atoms with E-state index in [1.54, 1.807) is 10.9 Å². The normalized spacial score (nSPS) is 16.0. The Hall–Kier alpha value is -2.21. The summed E-state index contributed by atoms with van der Waals surface area (Å²) in [6.45, 7) is 7.03. The van der Waals surface area contributed by atoms with Crippen LogP contribution in [0.2, 0.25) is 0 Å². The van der Waals surface area contributed by atoms with Crippen molar-refractivity contribution < 1.29 is 4.79 Å². The molecule has 6 heteroatoms. The molecule has 25 heavy (non-hydrogen) atoms. The van der Waals surface area contributed by atoms with E-state index in [1.165, 1.54) is 25.9 Å². The van der Waals surface area contributed by atoms with Crippen molar-refractivity contribution in [2.75, 3.05) is 26.2 Å². The van der Waals surface area contributed by atoms with E-state index in [9.17, 15) is 4.79 Å². The number of hydrogen-bond donors (Lipinski definition) is 1. The maximum absolute atomic E-state index is 12.2. The lowest BCUT2D eigenvalue weighted by Gasteiger charge is -2.30. The number of benzene rings is 1. The Bertz CT molecular complexity index is 661. The molecule has 0 bridgehead atoms. The van der Waals surface area contributed by atoms with Gasteiger partial charge in [-0.2, -0.15) is 0 Å². The zero-order valence-electron chi connectivity index (χ0n) is 14.9. The highest BCUT2D eigenvalue weighted by atomic mass is 16.2. The molecule has 0 spiro atoms. The lowest BCUT2D eigenvalue weighted by atomic mass is 9.99. The number of nitrogens with zero attached hydrogens (tertiary/aromatic N) is 4. The lowest BCUT2D eigenvalue weighted by molar-refractivity contribution is 0.0945. The van der Waals surface area contributed by atoms with Crippen LogP contribution < -0.4 is 5.32 Å². The van der Waals surface area contributed by atoms with Crippen LogP contribution in [0.5, 0.6) is 0 Å². The molecule has 1 aliphatic heterocycles. The summed E-state index contributed by atoms with van der Waals surface area (Å²) >= 11 is 0. The third kappa shape index (κ3) is 5.39. The SMILES string of the molecule is CC1CCN(CCCNC(=O)c2cn(Cc3ccccc3)nn2)CC1. The zero-order valence-corrected chi connectivity index (χ0v) is 14.9. The van der Waals surface area contributed by atoms with Crippen molar-refractivity contribution in [1.29, 1.82) is 0 Å². The topological polar surface area (TPSA) is 63.1 Å². The van der Waals surface area contributed by atoms with Gasteiger partial charge in [0, 0.05) is 6.54 Å². The monoisotopic (exact) mass is 341 g/mol. The van der Waals surface area contributed by atoms with Gasteiger partial charge in [-0.1, -0.05) is 42.5 Å². The number of piperidine rings is 1. The molecule has 0 saturated carbocycles. The number of aromatic nitrogens is 3. The minimum atomic E-state index is -0.147. The van der Waals surface area contributed by atoms with E-state index in [-0.39, 0.29) is 5.91 Å². The van der Waals surface area contributed by atoms with Gasteiger partial charge in [-0.3, -0.25) is 4.79 Å². The smallest absolute Gasteiger partial charge is 0.273 e. The Morgan fingerprint density at radius 1 is 1.24 bits per heavy atom. The molecule has 0 radical (unpaired) electrons. The van der Waals surface area contributed by atoms with Gasteiger partial charge in [0.15, 0.2) is 5.69 Å². The van der Waals surface area contributed by atoms with Crippen LogP contribution in [0.3, 0.4) is 0 Å². The molecule has 1 amide bonds. The summed E-state index contributed by atoms with van der Waals surface area (Å²) in [4.78, 5) is 14.7. The van der Waals surface area contributed by atoms with Crippen molar-refractivity contribution in [3.8, 4) is 0 Å². The maximum Gasteiger partial charge on any atom is 0.273 e. The van der Waals surface area contributed by atoms with Gasteiger partial charge >= 0.3 is 0 Å². The highest BCUT2D eigenvalue weighted by Crippen LogP contribution is 2.15. The zero-order chi connectivity index (χ0) is 17.5. The Kier molecular flexibility index (Phi) is 6.17. The van der Waals surface area contributed by atoms with Crippen molar-refractivity contribution in [3.63, 3.8) is 0 Å². The van der Waals surface area contributed by atoms with Gasteiger partial charge in [-0.25, -0.2) is 4.68 Å². The molecular formula is C19H27N5O. The van der Waals surface area contributed by atoms with Gasteiger partial charge < -0.3 is 10.2 Å². The maximum atomic E-state index is 12.2. The molecule has 1 aromatic heterocycles. The third-order valence-corrected chi connectivity index (χ3v) is 4.77. The van der Waals surface area contributed by atoms with Crippen molar-refractivity contribution in [1.82, 2.24) is 25.2 Å². The minimum Gasteiger partial charge on any atom is -0.351 e. The first kappa shape index (κ1) is 17.6. The fraction of sp³-hybridized carbons (Fsp3) is 0.526.